The molecule has 1 aromatic heterocycles. The van der Waals surface area contributed by atoms with Crippen molar-refractivity contribution in [1.82, 2.24) is 20.1 Å². The van der Waals surface area contributed by atoms with Crippen molar-refractivity contribution in [2.75, 3.05) is 7.05 Å². The lowest BCUT2D eigenvalue weighted by Crippen LogP contribution is -2.21. The van der Waals surface area contributed by atoms with Gasteiger partial charge in [-0.1, -0.05) is 35.3 Å². The molecule has 6 heteroatoms. The van der Waals surface area contributed by atoms with Gasteiger partial charge in [0.25, 0.3) is 0 Å². The maximum atomic E-state index is 6.23. The Bertz CT molecular complexity index is 539. The van der Waals surface area contributed by atoms with Crippen LogP contribution in [0.1, 0.15) is 17.4 Å². The smallest absolute Gasteiger partial charge is 0.138 e. The Kier molecular flexibility index (Phi) is 4.22. The minimum atomic E-state index is 0.0547. The number of likely N-dealkylation sites (N-methyl/N-ethyl adjacent to an activating group) is 1. The summed E-state index contributed by atoms with van der Waals surface area (Å²) in [5.41, 5.74) is 0.967. The van der Waals surface area contributed by atoms with Crippen molar-refractivity contribution in [3.63, 3.8) is 0 Å². The summed E-state index contributed by atoms with van der Waals surface area (Å²) in [6, 6.07) is 5.69. The molecule has 2 rings (SSSR count). The van der Waals surface area contributed by atoms with Crippen molar-refractivity contribution >= 4 is 23.2 Å². The molecular formula is C12H14Cl2N4. The molecule has 0 aliphatic rings. The van der Waals surface area contributed by atoms with Crippen molar-refractivity contribution < 1.29 is 0 Å². The highest BCUT2D eigenvalue weighted by Crippen LogP contribution is 2.30. The lowest BCUT2D eigenvalue weighted by Gasteiger charge is -2.18. The van der Waals surface area contributed by atoms with Gasteiger partial charge in [-0.05, 0) is 18.7 Å². The van der Waals surface area contributed by atoms with Crippen LogP contribution in [0.2, 0.25) is 10.0 Å². The van der Waals surface area contributed by atoms with Gasteiger partial charge in [-0.15, -0.1) is 0 Å². The van der Waals surface area contributed by atoms with E-state index in [2.05, 4.69) is 15.4 Å². The topological polar surface area (TPSA) is 42.7 Å². The first-order valence-corrected chi connectivity index (χ1v) is 6.33. The Labute approximate surface area is 116 Å². The van der Waals surface area contributed by atoms with Crippen LogP contribution in [0, 0.1) is 0 Å². The first-order valence-electron chi connectivity index (χ1n) is 5.57. The van der Waals surface area contributed by atoms with Gasteiger partial charge in [0.05, 0.1) is 10.0 Å². The number of aromatic nitrogens is 3. The number of rotatable bonds is 4. The van der Waals surface area contributed by atoms with E-state index in [1.54, 1.807) is 17.1 Å². The predicted octanol–water partition coefficient (Wildman–Crippen LogP) is 2.63. The fourth-order valence-electron chi connectivity index (χ4n) is 1.84. The summed E-state index contributed by atoms with van der Waals surface area (Å²) in [7, 11) is 3.76. The number of halogens is 2. The maximum Gasteiger partial charge on any atom is 0.138 e. The largest absolute Gasteiger partial charge is 0.313 e. The lowest BCUT2D eigenvalue weighted by molar-refractivity contribution is 0.553. The Hall–Kier alpha value is -1.10. The first-order chi connectivity index (χ1) is 8.63. The van der Waals surface area contributed by atoms with Crippen LogP contribution in [-0.2, 0) is 13.5 Å². The summed E-state index contributed by atoms with van der Waals surface area (Å²) < 4.78 is 1.75. The van der Waals surface area contributed by atoms with Gasteiger partial charge in [-0.2, -0.15) is 5.10 Å². The molecule has 2 aromatic rings. The van der Waals surface area contributed by atoms with Crippen molar-refractivity contribution in [1.29, 1.82) is 0 Å². The molecule has 1 aromatic carbocycles. The highest BCUT2D eigenvalue weighted by molar-refractivity contribution is 6.42. The molecule has 0 saturated carbocycles. The molecule has 0 radical (unpaired) electrons. The third kappa shape index (κ3) is 2.66. The fraction of sp³-hybridized carbons (Fsp3) is 0.333. The van der Waals surface area contributed by atoms with Gasteiger partial charge in [-0.25, -0.2) is 4.98 Å². The van der Waals surface area contributed by atoms with Gasteiger partial charge in [0.2, 0.25) is 0 Å². The highest BCUT2D eigenvalue weighted by atomic mass is 35.5. The van der Waals surface area contributed by atoms with Crippen LogP contribution in [0.4, 0.5) is 0 Å². The average molecular weight is 285 g/mol. The number of nitrogens with zero attached hydrogens (tertiary/aromatic N) is 3. The molecule has 0 saturated heterocycles. The van der Waals surface area contributed by atoms with E-state index in [0.717, 1.165) is 11.4 Å². The third-order valence-electron chi connectivity index (χ3n) is 2.90. The predicted molar refractivity (Wildman–Crippen MR) is 73.0 cm³/mol. The molecular weight excluding hydrogens is 271 g/mol. The molecule has 0 aliphatic carbocycles. The zero-order chi connectivity index (χ0) is 13.1. The van der Waals surface area contributed by atoms with Crippen LogP contribution in [0.15, 0.2) is 24.5 Å². The van der Waals surface area contributed by atoms with Crippen molar-refractivity contribution in [3.8, 4) is 0 Å². The summed E-state index contributed by atoms with van der Waals surface area (Å²) in [6.07, 6.45) is 2.24. The number of aryl methyl sites for hydroxylation is 1. The van der Waals surface area contributed by atoms with E-state index in [4.69, 9.17) is 23.2 Å². The van der Waals surface area contributed by atoms with E-state index in [9.17, 15) is 0 Å². The molecule has 1 unspecified atom stereocenters. The number of nitrogens with one attached hydrogen (secondary N) is 1. The molecule has 0 bridgehead atoms. The van der Waals surface area contributed by atoms with Gasteiger partial charge in [0, 0.05) is 19.5 Å². The van der Waals surface area contributed by atoms with Crippen molar-refractivity contribution in [3.05, 3.63) is 46.0 Å². The number of hydrogen-bond acceptors (Lipinski definition) is 3. The van der Waals surface area contributed by atoms with Gasteiger partial charge in [0.1, 0.15) is 12.2 Å². The molecule has 0 fully saturated rings. The molecule has 96 valence electrons. The molecule has 0 spiro atoms. The minimum Gasteiger partial charge on any atom is -0.313 e. The second-order valence-electron chi connectivity index (χ2n) is 3.99. The molecule has 1 N–H and O–H groups in total. The zero-order valence-corrected chi connectivity index (χ0v) is 11.7. The lowest BCUT2D eigenvalue weighted by atomic mass is 10.0. The molecule has 1 atom stereocenters. The quantitative estimate of drug-likeness (QED) is 0.939. The second-order valence-corrected chi connectivity index (χ2v) is 4.77. The van der Waals surface area contributed by atoms with Gasteiger partial charge in [-0.3, -0.25) is 4.68 Å². The van der Waals surface area contributed by atoms with E-state index in [-0.39, 0.29) is 6.04 Å². The summed E-state index contributed by atoms with van der Waals surface area (Å²) in [4.78, 5) is 4.22. The van der Waals surface area contributed by atoms with Crippen molar-refractivity contribution in [2.45, 2.75) is 12.5 Å². The Morgan fingerprint density at radius 3 is 2.78 bits per heavy atom. The molecule has 1 heterocycles. The average Bonchev–Trinajstić information content (AvgIpc) is 2.76. The maximum absolute atomic E-state index is 6.23. The van der Waals surface area contributed by atoms with Crippen LogP contribution in [0.25, 0.3) is 0 Å². The van der Waals surface area contributed by atoms with Crippen LogP contribution in [0.3, 0.4) is 0 Å². The number of hydrogen-bond donors (Lipinski definition) is 1. The molecule has 0 aliphatic heterocycles. The van der Waals surface area contributed by atoms with E-state index in [1.807, 2.05) is 26.2 Å². The van der Waals surface area contributed by atoms with Gasteiger partial charge >= 0.3 is 0 Å². The van der Waals surface area contributed by atoms with E-state index in [1.165, 1.54) is 0 Å². The monoisotopic (exact) mass is 284 g/mol. The first kappa shape index (κ1) is 13.3. The van der Waals surface area contributed by atoms with E-state index < -0.39 is 0 Å². The Balaban J connectivity index is 2.29. The van der Waals surface area contributed by atoms with Crippen LogP contribution >= 0.6 is 23.2 Å². The van der Waals surface area contributed by atoms with E-state index in [0.29, 0.717) is 16.5 Å². The third-order valence-corrected chi connectivity index (χ3v) is 3.73. The molecule has 4 nitrogen and oxygen atoms in total. The summed E-state index contributed by atoms with van der Waals surface area (Å²) in [6.45, 7) is 0. The zero-order valence-electron chi connectivity index (χ0n) is 10.2. The Morgan fingerprint density at radius 2 is 2.17 bits per heavy atom. The van der Waals surface area contributed by atoms with Crippen LogP contribution < -0.4 is 5.32 Å². The van der Waals surface area contributed by atoms with Crippen LogP contribution in [-0.4, -0.2) is 21.8 Å². The minimum absolute atomic E-state index is 0.0547. The SMILES string of the molecule is CNC(Cc1ncnn1C)c1cccc(Cl)c1Cl. The van der Waals surface area contributed by atoms with E-state index >= 15 is 0 Å². The summed E-state index contributed by atoms with van der Waals surface area (Å²) in [5.74, 6) is 0.894. The van der Waals surface area contributed by atoms with Gasteiger partial charge < -0.3 is 5.32 Å². The highest BCUT2D eigenvalue weighted by Gasteiger charge is 2.17. The molecule has 18 heavy (non-hydrogen) atoms. The second kappa shape index (κ2) is 5.69. The van der Waals surface area contributed by atoms with Gasteiger partial charge in [0.15, 0.2) is 0 Å². The molecule has 0 amide bonds. The number of benzene rings is 1. The Morgan fingerprint density at radius 1 is 1.39 bits per heavy atom. The van der Waals surface area contributed by atoms with Crippen molar-refractivity contribution in [2.24, 2.45) is 7.05 Å². The summed E-state index contributed by atoms with van der Waals surface area (Å²) in [5, 5.41) is 8.43. The summed E-state index contributed by atoms with van der Waals surface area (Å²) >= 11 is 12.3. The normalized spacial score (nSPS) is 12.7. The fourth-order valence-corrected chi connectivity index (χ4v) is 2.28. The van der Waals surface area contributed by atoms with Crippen LogP contribution in [0.5, 0.6) is 0 Å². The standard InChI is InChI=1S/C12H14Cl2N4/c1-15-10(6-11-16-7-17-18(11)2)8-4-3-5-9(13)12(8)14/h3-5,7,10,15H,6H2,1-2H3.